The predicted molar refractivity (Wildman–Crippen MR) is 150 cm³/mol. The summed E-state index contributed by atoms with van der Waals surface area (Å²) in [6.45, 7) is 0. The van der Waals surface area contributed by atoms with Crippen molar-refractivity contribution < 1.29 is 29.0 Å². The van der Waals surface area contributed by atoms with E-state index in [4.69, 9.17) is 0 Å². The maximum Gasteiger partial charge on any atom is 0.270 e. The second-order valence-electron chi connectivity index (χ2n) is 9.38. The summed E-state index contributed by atoms with van der Waals surface area (Å²) in [5.74, 6) is -2.41. The highest BCUT2D eigenvalue weighted by molar-refractivity contribution is 6.35. The minimum Gasteiger partial charge on any atom is -0.268 e. The number of hydrogen-bond acceptors (Lipinski definition) is 8. The van der Waals surface area contributed by atoms with Crippen LogP contribution in [0.15, 0.2) is 84.9 Å². The van der Waals surface area contributed by atoms with E-state index >= 15 is 0 Å². The Morgan fingerprint density at radius 2 is 0.810 bits per heavy atom. The van der Waals surface area contributed by atoms with E-state index in [0.717, 1.165) is 33.1 Å². The number of nitro groups is 2. The summed E-state index contributed by atoms with van der Waals surface area (Å²) < 4.78 is 0. The number of carbonyl (C=O) groups is 4. The van der Waals surface area contributed by atoms with E-state index in [9.17, 15) is 39.4 Å². The first-order valence-electron chi connectivity index (χ1n) is 12.4. The fourth-order valence-corrected chi connectivity index (χ4v) is 4.82. The number of carbonyl (C=O) groups excluding carboxylic acids is 4. The molecule has 12 heteroatoms. The van der Waals surface area contributed by atoms with Crippen LogP contribution < -0.4 is 9.80 Å². The topological polar surface area (TPSA) is 161 Å². The standard InChI is InChI=1S/C30H16N4O8/c35-27-23-13-11-21(33(39)40)15-25(23)29(37)31(27)19-7-3-17(4-8-19)1-2-18-5-9-20(10-6-18)32-28(36)24-14-12-22(34(41)42)16-26(24)30(32)38/h1-16H/b2-1+. The average molecular weight is 560 g/mol. The minimum atomic E-state index is -0.640. The molecule has 0 radical (unpaired) electrons. The summed E-state index contributed by atoms with van der Waals surface area (Å²) in [4.78, 5) is 74.1. The van der Waals surface area contributed by atoms with E-state index in [0.29, 0.717) is 11.4 Å². The third kappa shape index (κ3) is 4.19. The Morgan fingerprint density at radius 3 is 1.14 bits per heavy atom. The molecule has 4 amide bonds. The maximum absolute atomic E-state index is 12.8. The van der Waals surface area contributed by atoms with Crippen LogP contribution in [0.1, 0.15) is 52.6 Å². The quantitative estimate of drug-likeness (QED) is 0.133. The van der Waals surface area contributed by atoms with E-state index in [1.165, 1.54) is 24.3 Å². The van der Waals surface area contributed by atoms with E-state index in [1.54, 1.807) is 60.7 Å². The number of anilines is 2. The summed E-state index contributed by atoms with van der Waals surface area (Å²) >= 11 is 0. The lowest BCUT2D eigenvalue weighted by atomic mass is 10.1. The van der Waals surface area contributed by atoms with Crippen molar-refractivity contribution in [1.82, 2.24) is 0 Å². The Kier molecular flexibility index (Phi) is 6.00. The zero-order valence-electron chi connectivity index (χ0n) is 21.3. The van der Waals surface area contributed by atoms with Crippen molar-refractivity contribution >= 4 is 58.5 Å². The molecule has 12 nitrogen and oxygen atoms in total. The first kappa shape index (κ1) is 26.0. The first-order chi connectivity index (χ1) is 20.1. The van der Waals surface area contributed by atoms with Crippen LogP contribution in [0.4, 0.5) is 22.7 Å². The highest BCUT2D eigenvalue weighted by Crippen LogP contribution is 2.32. The molecule has 2 aliphatic rings. The number of nitro benzene ring substituents is 2. The number of imide groups is 2. The lowest BCUT2D eigenvalue weighted by molar-refractivity contribution is -0.385. The van der Waals surface area contributed by atoms with Gasteiger partial charge < -0.3 is 0 Å². The van der Waals surface area contributed by atoms with Crippen molar-refractivity contribution in [3.8, 4) is 0 Å². The zero-order valence-corrected chi connectivity index (χ0v) is 21.3. The summed E-state index contributed by atoms with van der Waals surface area (Å²) in [5, 5.41) is 22.1. The van der Waals surface area contributed by atoms with Crippen LogP contribution in [-0.2, 0) is 0 Å². The summed E-state index contributed by atoms with van der Waals surface area (Å²) in [6, 6.07) is 20.3. The van der Waals surface area contributed by atoms with Crippen molar-refractivity contribution in [1.29, 1.82) is 0 Å². The van der Waals surface area contributed by atoms with Crippen LogP contribution in [0.3, 0.4) is 0 Å². The van der Waals surface area contributed by atoms with E-state index < -0.39 is 33.5 Å². The fourth-order valence-electron chi connectivity index (χ4n) is 4.82. The van der Waals surface area contributed by atoms with Crippen LogP contribution in [0.25, 0.3) is 12.2 Å². The number of hydrogen-bond donors (Lipinski definition) is 0. The smallest absolute Gasteiger partial charge is 0.268 e. The molecule has 204 valence electrons. The van der Waals surface area contributed by atoms with Gasteiger partial charge in [-0.2, -0.15) is 0 Å². The Balaban J connectivity index is 1.16. The Labute approximate surface area is 236 Å². The molecular weight excluding hydrogens is 544 g/mol. The van der Waals surface area contributed by atoms with Crippen molar-refractivity contribution in [2.24, 2.45) is 0 Å². The van der Waals surface area contributed by atoms with Crippen LogP contribution in [0.2, 0.25) is 0 Å². The molecule has 0 bridgehead atoms. The average Bonchev–Trinajstić information content (AvgIpc) is 3.40. The molecule has 0 aliphatic carbocycles. The molecule has 4 aromatic carbocycles. The second-order valence-corrected chi connectivity index (χ2v) is 9.38. The highest BCUT2D eigenvalue weighted by atomic mass is 16.6. The third-order valence-electron chi connectivity index (χ3n) is 6.93. The van der Waals surface area contributed by atoms with Gasteiger partial charge in [0.25, 0.3) is 35.0 Å². The zero-order chi connectivity index (χ0) is 29.7. The number of amides is 4. The number of non-ortho nitro benzene ring substituents is 2. The molecule has 2 heterocycles. The molecule has 42 heavy (non-hydrogen) atoms. The third-order valence-corrected chi connectivity index (χ3v) is 6.93. The summed E-state index contributed by atoms with van der Waals surface area (Å²) in [6.07, 6.45) is 3.57. The fraction of sp³-hybridized carbons (Fsp3) is 0. The van der Waals surface area contributed by atoms with Gasteiger partial charge in [-0.05, 0) is 47.5 Å². The Morgan fingerprint density at radius 1 is 0.476 bits per heavy atom. The molecule has 0 N–H and O–H groups in total. The number of fused-ring (bicyclic) bond motifs is 2. The van der Waals surface area contributed by atoms with Gasteiger partial charge in [-0.15, -0.1) is 0 Å². The number of nitrogens with zero attached hydrogens (tertiary/aromatic N) is 4. The van der Waals surface area contributed by atoms with Gasteiger partial charge in [0.2, 0.25) is 0 Å². The lowest BCUT2D eigenvalue weighted by Gasteiger charge is -2.14. The molecule has 0 atom stereocenters. The van der Waals surface area contributed by atoms with Crippen molar-refractivity contribution in [3.05, 3.63) is 139 Å². The molecular formula is C30H16N4O8. The van der Waals surface area contributed by atoms with Crippen molar-refractivity contribution in [2.45, 2.75) is 0 Å². The maximum atomic E-state index is 12.8. The molecule has 2 aliphatic heterocycles. The van der Waals surface area contributed by atoms with Gasteiger partial charge in [-0.3, -0.25) is 39.4 Å². The summed E-state index contributed by atoms with van der Waals surface area (Å²) in [5.41, 5.74) is 1.72. The normalized spacial score (nSPS) is 14.1. The van der Waals surface area contributed by atoms with Gasteiger partial charge in [0.05, 0.1) is 43.5 Å². The van der Waals surface area contributed by atoms with Crippen molar-refractivity contribution in [3.63, 3.8) is 0 Å². The van der Waals surface area contributed by atoms with Gasteiger partial charge in [-0.25, -0.2) is 9.80 Å². The largest absolute Gasteiger partial charge is 0.270 e. The van der Waals surface area contributed by atoms with Crippen LogP contribution in [0, 0.1) is 20.2 Å². The predicted octanol–water partition coefficient (Wildman–Crippen LogP) is 5.27. The van der Waals surface area contributed by atoms with Crippen molar-refractivity contribution in [2.75, 3.05) is 9.80 Å². The Bertz CT molecular complexity index is 1770. The van der Waals surface area contributed by atoms with E-state index in [2.05, 4.69) is 0 Å². The number of rotatable bonds is 6. The van der Waals surface area contributed by atoms with Crippen LogP contribution in [-0.4, -0.2) is 33.5 Å². The van der Waals surface area contributed by atoms with Crippen LogP contribution >= 0.6 is 0 Å². The van der Waals surface area contributed by atoms with Crippen LogP contribution in [0.5, 0.6) is 0 Å². The van der Waals surface area contributed by atoms with E-state index in [1.807, 2.05) is 0 Å². The second kappa shape index (κ2) is 9.71. The monoisotopic (exact) mass is 560 g/mol. The molecule has 0 spiro atoms. The molecule has 0 aromatic heterocycles. The molecule has 6 rings (SSSR count). The van der Waals surface area contributed by atoms with Gasteiger partial charge in [0.1, 0.15) is 0 Å². The first-order valence-corrected chi connectivity index (χ1v) is 12.4. The highest BCUT2D eigenvalue weighted by Gasteiger charge is 2.39. The lowest BCUT2D eigenvalue weighted by Crippen LogP contribution is -2.29. The Hall–Kier alpha value is -6.30. The summed E-state index contributed by atoms with van der Waals surface area (Å²) in [7, 11) is 0. The molecule has 0 saturated carbocycles. The number of benzene rings is 4. The molecule has 4 aromatic rings. The van der Waals surface area contributed by atoms with Gasteiger partial charge in [0.15, 0.2) is 0 Å². The molecule has 0 fully saturated rings. The van der Waals surface area contributed by atoms with Gasteiger partial charge >= 0.3 is 0 Å². The SMILES string of the molecule is O=C1c2ccc([N+](=O)[O-])cc2C(=O)N1c1ccc(/C=C/c2ccc(N3C(=O)c4ccc([N+](=O)[O-])cc4C3=O)cc2)cc1. The molecule has 0 saturated heterocycles. The molecule has 0 unspecified atom stereocenters. The minimum absolute atomic E-state index is 0.0239. The van der Waals surface area contributed by atoms with Gasteiger partial charge in [-0.1, -0.05) is 36.4 Å². The van der Waals surface area contributed by atoms with E-state index in [-0.39, 0.29) is 33.6 Å². The van der Waals surface area contributed by atoms with Gasteiger partial charge in [0, 0.05) is 24.3 Å².